The number of carboxylic acids is 1. The fourth-order valence-electron chi connectivity index (χ4n) is 0. The maximum Gasteiger partial charge on any atom is 2.00 e. The Labute approximate surface area is 65.1 Å². The summed E-state index contributed by atoms with van der Waals surface area (Å²) < 4.78 is 0. The summed E-state index contributed by atoms with van der Waals surface area (Å²) in [5, 5.41) is 17.3. The van der Waals surface area contributed by atoms with Gasteiger partial charge in [0, 0.05) is 0 Å². The Morgan fingerprint density at radius 3 is 1.67 bits per heavy atom. The largest absolute Gasteiger partial charge is 2.00 e. The molecular formula is C3H9O5Zn+. The molecule has 1 atom stereocenters. The molecule has 5 N–H and O–H groups in total. The van der Waals surface area contributed by atoms with Crippen molar-refractivity contribution < 1.29 is 45.4 Å². The summed E-state index contributed by atoms with van der Waals surface area (Å²) in [5.41, 5.74) is 0. The van der Waals surface area contributed by atoms with Crippen LogP contribution < -0.4 is 5.11 Å². The van der Waals surface area contributed by atoms with Gasteiger partial charge in [-0.25, -0.2) is 0 Å². The van der Waals surface area contributed by atoms with Crippen molar-refractivity contribution in [3.8, 4) is 0 Å². The van der Waals surface area contributed by atoms with Crippen LogP contribution in [0, 0.1) is 0 Å². The van der Waals surface area contributed by atoms with Crippen LogP contribution in [0.2, 0.25) is 0 Å². The van der Waals surface area contributed by atoms with Crippen molar-refractivity contribution in [1.29, 1.82) is 0 Å². The van der Waals surface area contributed by atoms with Gasteiger partial charge in [0.1, 0.15) is 0 Å². The van der Waals surface area contributed by atoms with Gasteiger partial charge < -0.3 is 26.0 Å². The van der Waals surface area contributed by atoms with Gasteiger partial charge in [-0.15, -0.1) is 0 Å². The SMILES string of the molecule is CC(O)C(=O)[O-].O.O.[Zn+2]. The second-order valence-electron chi connectivity index (χ2n) is 0.995. The molecule has 0 aromatic carbocycles. The van der Waals surface area contributed by atoms with Crippen LogP contribution in [0.1, 0.15) is 6.92 Å². The molecule has 6 heteroatoms. The summed E-state index contributed by atoms with van der Waals surface area (Å²) in [4.78, 5) is 9.34. The molecular weight excluding hydrogens is 181 g/mol. The van der Waals surface area contributed by atoms with Crippen LogP contribution in [0.4, 0.5) is 0 Å². The number of aliphatic hydroxyl groups is 1. The predicted molar refractivity (Wildman–Crippen MR) is 23.9 cm³/mol. The van der Waals surface area contributed by atoms with Crippen molar-refractivity contribution in [2.75, 3.05) is 0 Å². The first-order valence-corrected chi connectivity index (χ1v) is 1.53. The summed E-state index contributed by atoms with van der Waals surface area (Å²) in [6.07, 6.45) is -1.34. The molecule has 0 aliphatic carbocycles. The maximum absolute atomic E-state index is 9.34. The van der Waals surface area contributed by atoms with Crippen LogP contribution >= 0.6 is 0 Å². The molecule has 0 bridgehead atoms. The van der Waals surface area contributed by atoms with Crippen LogP contribution in [0.25, 0.3) is 0 Å². The van der Waals surface area contributed by atoms with Gasteiger partial charge in [0.05, 0.1) is 12.1 Å². The number of aliphatic carboxylic acids is 1. The molecule has 0 heterocycles. The molecule has 0 spiro atoms. The molecule has 0 saturated carbocycles. The van der Waals surface area contributed by atoms with Gasteiger partial charge in [-0.1, -0.05) is 0 Å². The van der Waals surface area contributed by atoms with Gasteiger partial charge in [-0.2, -0.15) is 0 Å². The van der Waals surface area contributed by atoms with E-state index in [2.05, 4.69) is 0 Å². The third-order valence-corrected chi connectivity index (χ3v) is 0.341. The summed E-state index contributed by atoms with van der Waals surface area (Å²) in [6, 6.07) is 0. The zero-order valence-electron chi connectivity index (χ0n) is 5.05. The van der Waals surface area contributed by atoms with Crippen LogP contribution in [-0.4, -0.2) is 28.1 Å². The van der Waals surface area contributed by atoms with E-state index in [4.69, 9.17) is 5.11 Å². The number of carboxylic acid groups (broad SMARTS) is 1. The first-order valence-electron chi connectivity index (χ1n) is 1.53. The Hall–Kier alpha value is -0.0266. The Morgan fingerprint density at radius 2 is 1.67 bits per heavy atom. The van der Waals surface area contributed by atoms with Gasteiger partial charge in [-0.05, 0) is 6.92 Å². The minimum atomic E-state index is -1.44. The maximum atomic E-state index is 9.34. The molecule has 9 heavy (non-hydrogen) atoms. The first-order chi connectivity index (χ1) is 2.64. The number of carbonyl (C=O) groups excluding carboxylic acids is 1. The molecule has 5 nitrogen and oxygen atoms in total. The van der Waals surface area contributed by atoms with E-state index in [1.54, 1.807) is 0 Å². The molecule has 0 aromatic rings. The van der Waals surface area contributed by atoms with Crippen LogP contribution in [0.5, 0.6) is 0 Å². The van der Waals surface area contributed by atoms with Crippen molar-refractivity contribution in [3.63, 3.8) is 0 Å². The van der Waals surface area contributed by atoms with E-state index in [1.165, 1.54) is 0 Å². The van der Waals surface area contributed by atoms with Crippen molar-refractivity contribution in [2.24, 2.45) is 0 Å². The predicted octanol–water partition coefficient (Wildman–Crippen LogP) is -3.53. The molecule has 0 amide bonds. The zero-order chi connectivity index (χ0) is 5.15. The molecule has 0 rings (SSSR count). The van der Waals surface area contributed by atoms with Crippen molar-refractivity contribution >= 4 is 5.97 Å². The summed E-state index contributed by atoms with van der Waals surface area (Å²) in [7, 11) is 0. The number of carbonyl (C=O) groups is 1. The molecule has 1 unspecified atom stereocenters. The molecule has 0 aromatic heterocycles. The summed E-state index contributed by atoms with van der Waals surface area (Å²) in [5.74, 6) is -1.44. The number of aliphatic hydroxyl groups excluding tert-OH is 1. The Balaban J connectivity index is -0.0000000417. The quantitative estimate of drug-likeness (QED) is 0.431. The van der Waals surface area contributed by atoms with Crippen LogP contribution in [0.3, 0.4) is 0 Å². The van der Waals surface area contributed by atoms with Gasteiger partial charge in [0.2, 0.25) is 0 Å². The number of hydrogen-bond acceptors (Lipinski definition) is 3. The van der Waals surface area contributed by atoms with E-state index in [0.29, 0.717) is 0 Å². The van der Waals surface area contributed by atoms with E-state index in [0.717, 1.165) is 6.92 Å². The van der Waals surface area contributed by atoms with E-state index >= 15 is 0 Å². The molecule has 52 valence electrons. The fraction of sp³-hybridized carbons (Fsp3) is 0.667. The van der Waals surface area contributed by atoms with Gasteiger partial charge in [-0.3, -0.25) is 0 Å². The third kappa shape index (κ3) is 18.0. The molecule has 0 saturated heterocycles. The zero-order valence-corrected chi connectivity index (χ0v) is 8.02. The second-order valence-corrected chi connectivity index (χ2v) is 0.995. The molecule has 0 fully saturated rings. The Bertz CT molecular complexity index is 63.2. The average molecular weight is 190 g/mol. The van der Waals surface area contributed by atoms with Crippen LogP contribution in [0.15, 0.2) is 0 Å². The van der Waals surface area contributed by atoms with E-state index < -0.39 is 12.1 Å². The minimum absolute atomic E-state index is 0. The molecule has 0 aliphatic heterocycles. The minimum Gasteiger partial charge on any atom is -0.547 e. The first kappa shape index (κ1) is 23.1. The number of rotatable bonds is 1. The van der Waals surface area contributed by atoms with Crippen molar-refractivity contribution in [3.05, 3.63) is 0 Å². The molecule has 0 radical (unpaired) electrons. The normalized spacial score (nSPS) is 9.11. The Kier molecular flexibility index (Phi) is 27.8. The second kappa shape index (κ2) is 10.9. The van der Waals surface area contributed by atoms with Gasteiger partial charge in [0.15, 0.2) is 0 Å². The van der Waals surface area contributed by atoms with Crippen molar-refractivity contribution in [2.45, 2.75) is 13.0 Å². The van der Waals surface area contributed by atoms with E-state index in [1.807, 2.05) is 0 Å². The molecule has 0 aliphatic rings. The average Bonchev–Trinajstić information content (AvgIpc) is 1.36. The third-order valence-electron chi connectivity index (χ3n) is 0.341. The summed E-state index contributed by atoms with van der Waals surface area (Å²) in [6.45, 7) is 1.13. The van der Waals surface area contributed by atoms with E-state index in [-0.39, 0.29) is 30.4 Å². The fourth-order valence-corrected chi connectivity index (χ4v) is 0. The topological polar surface area (TPSA) is 123 Å². The smallest absolute Gasteiger partial charge is 0.547 e. The van der Waals surface area contributed by atoms with Crippen molar-refractivity contribution in [1.82, 2.24) is 0 Å². The monoisotopic (exact) mass is 189 g/mol. The van der Waals surface area contributed by atoms with Crippen LogP contribution in [-0.2, 0) is 24.3 Å². The van der Waals surface area contributed by atoms with Gasteiger partial charge in [0.25, 0.3) is 0 Å². The standard InChI is InChI=1S/C3H6O3.2H2O.Zn/c1-2(4)3(5)6;;;/h2,4H,1H3,(H,5,6);2*1H2;/q;;;+2/p-1. The number of hydrogen-bond donors (Lipinski definition) is 1. The van der Waals surface area contributed by atoms with Gasteiger partial charge >= 0.3 is 19.5 Å². The Morgan fingerprint density at radius 1 is 1.56 bits per heavy atom. The van der Waals surface area contributed by atoms with E-state index in [9.17, 15) is 9.90 Å². The summed E-state index contributed by atoms with van der Waals surface area (Å²) >= 11 is 0.